The highest BCUT2D eigenvalue weighted by atomic mass is 15.1. The Morgan fingerprint density at radius 2 is 1.67 bits per heavy atom. The van der Waals surface area contributed by atoms with Crippen LogP contribution < -0.4 is 0 Å². The third kappa shape index (κ3) is 0.0494. The Morgan fingerprint density at radius 1 is 1.33 bits per heavy atom. The SMILES string of the molecule is CC1C23CC12C3. The summed E-state index contributed by atoms with van der Waals surface area (Å²) in [5, 5.41) is 0. The van der Waals surface area contributed by atoms with Gasteiger partial charge in [0.25, 0.3) is 0 Å². The highest BCUT2D eigenvalue weighted by Crippen LogP contribution is 3.09. The van der Waals surface area contributed by atoms with Gasteiger partial charge in [-0.05, 0) is 29.6 Å². The minimum Gasteiger partial charge on any atom is -0.0614 e. The summed E-state index contributed by atoms with van der Waals surface area (Å²) >= 11 is 0. The van der Waals surface area contributed by atoms with Crippen LogP contribution in [-0.2, 0) is 0 Å². The molecule has 3 fully saturated rings. The molecule has 3 saturated carbocycles. The van der Waals surface area contributed by atoms with Crippen molar-refractivity contribution >= 4 is 0 Å². The van der Waals surface area contributed by atoms with Crippen molar-refractivity contribution in [3.8, 4) is 0 Å². The molecule has 0 unspecified atom stereocenters. The summed E-state index contributed by atoms with van der Waals surface area (Å²) in [5.41, 5.74) is 2.04. The average molecular weight is 80.1 g/mol. The topological polar surface area (TPSA) is 0 Å². The maximum atomic E-state index is 2.40. The summed E-state index contributed by atoms with van der Waals surface area (Å²) in [6.07, 6.45) is 3.22. The summed E-state index contributed by atoms with van der Waals surface area (Å²) in [4.78, 5) is 0. The molecule has 0 aromatic heterocycles. The lowest BCUT2D eigenvalue weighted by molar-refractivity contribution is 0.347. The highest BCUT2D eigenvalue weighted by Gasteiger charge is 3.02. The first-order chi connectivity index (χ1) is 2.82. The van der Waals surface area contributed by atoms with Gasteiger partial charge in [0.1, 0.15) is 0 Å². The van der Waals surface area contributed by atoms with Gasteiger partial charge in [-0.2, -0.15) is 0 Å². The largest absolute Gasteiger partial charge is 0.0614 e. The van der Waals surface area contributed by atoms with Gasteiger partial charge in [0.05, 0.1) is 0 Å². The molecule has 0 heterocycles. The summed E-state index contributed by atoms with van der Waals surface area (Å²) < 4.78 is 0. The molecular weight excluding hydrogens is 72.1 g/mol. The Balaban J connectivity index is 2.27. The van der Waals surface area contributed by atoms with Crippen LogP contribution in [0.1, 0.15) is 19.8 Å². The molecule has 0 N–H and O–H groups in total. The summed E-state index contributed by atoms with van der Waals surface area (Å²) in [5.74, 6) is 1.17. The Bertz CT molecular complexity index is 115. The number of rotatable bonds is 0. The lowest BCUT2D eigenvalue weighted by atomic mass is 9.90. The average Bonchev–Trinajstić information content (AvgIpc) is 2.12. The predicted octanol–water partition coefficient (Wildman–Crippen LogP) is 1.42. The van der Waals surface area contributed by atoms with Crippen molar-refractivity contribution in [3.05, 3.63) is 0 Å². The first-order valence-electron chi connectivity index (χ1n) is 2.82. The van der Waals surface area contributed by atoms with E-state index in [1.165, 1.54) is 5.92 Å². The molecule has 0 aliphatic heterocycles. The van der Waals surface area contributed by atoms with E-state index >= 15 is 0 Å². The van der Waals surface area contributed by atoms with Gasteiger partial charge in [-0.3, -0.25) is 0 Å². The van der Waals surface area contributed by atoms with E-state index in [2.05, 4.69) is 6.92 Å². The molecule has 0 saturated heterocycles. The lowest BCUT2D eigenvalue weighted by Gasteiger charge is -2.14. The van der Waals surface area contributed by atoms with Gasteiger partial charge in [-0.25, -0.2) is 0 Å². The Hall–Kier alpha value is 0. The van der Waals surface area contributed by atoms with E-state index in [9.17, 15) is 0 Å². The van der Waals surface area contributed by atoms with Gasteiger partial charge in [-0.15, -0.1) is 0 Å². The molecule has 0 bridgehead atoms. The molecule has 0 spiro atoms. The first kappa shape index (κ1) is 2.34. The van der Waals surface area contributed by atoms with E-state index in [4.69, 9.17) is 0 Å². The maximum Gasteiger partial charge on any atom is -0.0195 e. The predicted molar refractivity (Wildman–Crippen MR) is 23.3 cm³/mol. The second-order valence-corrected chi connectivity index (χ2v) is 3.39. The van der Waals surface area contributed by atoms with E-state index in [1.54, 1.807) is 12.8 Å². The van der Waals surface area contributed by atoms with Gasteiger partial charge in [0, 0.05) is 0 Å². The molecular formula is C6H8. The molecule has 0 amide bonds. The summed E-state index contributed by atoms with van der Waals surface area (Å²) in [6, 6.07) is 0. The number of hydrogen-bond acceptors (Lipinski definition) is 0. The molecule has 0 aromatic rings. The Labute approximate surface area is 37.5 Å². The lowest BCUT2D eigenvalue weighted by Crippen LogP contribution is -2.06. The van der Waals surface area contributed by atoms with Crippen molar-refractivity contribution in [1.29, 1.82) is 0 Å². The third-order valence-corrected chi connectivity index (χ3v) is 3.58. The van der Waals surface area contributed by atoms with E-state index in [0.29, 0.717) is 0 Å². The van der Waals surface area contributed by atoms with Crippen LogP contribution in [0.4, 0.5) is 0 Å². The molecule has 3 rings (SSSR count). The minimum atomic E-state index is 1.02. The zero-order chi connectivity index (χ0) is 3.99. The van der Waals surface area contributed by atoms with E-state index < -0.39 is 0 Å². The van der Waals surface area contributed by atoms with Gasteiger partial charge in [0.15, 0.2) is 0 Å². The van der Waals surface area contributed by atoms with Crippen LogP contribution >= 0.6 is 0 Å². The molecule has 0 nitrogen and oxygen atoms in total. The normalized spacial score (nSPS) is 90.5. The third-order valence-electron chi connectivity index (χ3n) is 3.58. The molecule has 6 heavy (non-hydrogen) atoms. The molecule has 0 radical (unpaired) electrons. The first-order valence-corrected chi connectivity index (χ1v) is 2.82. The van der Waals surface area contributed by atoms with Crippen molar-refractivity contribution < 1.29 is 0 Å². The molecule has 32 valence electrons. The van der Waals surface area contributed by atoms with E-state index in [0.717, 1.165) is 10.8 Å². The Kier molecular flexibility index (Phi) is 0.108. The van der Waals surface area contributed by atoms with Crippen molar-refractivity contribution in [3.63, 3.8) is 0 Å². The highest BCUT2D eigenvalue weighted by molar-refractivity contribution is 5.50. The van der Waals surface area contributed by atoms with Crippen LogP contribution in [-0.4, -0.2) is 0 Å². The fraction of sp³-hybridized carbons (Fsp3) is 1.00. The van der Waals surface area contributed by atoms with Crippen molar-refractivity contribution in [2.45, 2.75) is 19.8 Å². The summed E-state index contributed by atoms with van der Waals surface area (Å²) in [6.45, 7) is 2.40. The van der Waals surface area contributed by atoms with Crippen LogP contribution in [0.3, 0.4) is 0 Å². The van der Waals surface area contributed by atoms with Crippen LogP contribution in [0.15, 0.2) is 0 Å². The Morgan fingerprint density at radius 3 is 1.67 bits per heavy atom. The minimum absolute atomic E-state index is 1.02. The molecule has 3 aliphatic rings. The van der Waals surface area contributed by atoms with Crippen molar-refractivity contribution in [1.82, 2.24) is 0 Å². The zero-order valence-electron chi connectivity index (χ0n) is 3.99. The van der Waals surface area contributed by atoms with Gasteiger partial charge >= 0.3 is 0 Å². The monoisotopic (exact) mass is 80.1 g/mol. The smallest absolute Gasteiger partial charge is 0.0195 e. The molecule has 3 aliphatic carbocycles. The fourth-order valence-corrected chi connectivity index (χ4v) is 2.32. The quantitative estimate of drug-likeness (QED) is 0.412. The fourth-order valence-electron chi connectivity index (χ4n) is 2.32. The zero-order valence-corrected chi connectivity index (χ0v) is 3.99. The molecule has 0 aromatic carbocycles. The van der Waals surface area contributed by atoms with E-state index in [1.807, 2.05) is 0 Å². The van der Waals surface area contributed by atoms with Crippen LogP contribution in [0.5, 0.6) is 0 Å². The van der Waals surface area contributed by atoms with Crippen molar-refractivity contribution in [2.75, 3.05) is 0 Å². The van der Waals surface area contributed by atoms with Crippen molar-refractivity contribution in [2.24, 2.45) is 16.7 Å². The van der Waals surface area contributed by atoms with Crippen LogP contribution in [0, 0.1) is 16.7 Å². The standard InChI is InChI=1S/C6H8/c1-4-5-2-6(4,5)3-5/h4H,2-3H2,1H3. The molecule has 0 atom stereocenters. The van der Waals surface area contributed by atoms with Gasteiger partial charge < -0.3 is 0 Å². The van der Waals surface area contributed by atoms with Gasteiger partial charge in [-0.1, -0.05) is 6.92 Å². The number of hydrogen-bond donors (Lipinski definition) is 0. The molecule has 0 heteroatoms. The second kappa shape index (κ2) is 0.277. The van der Waals surface area contributed by atoms with Crippen LogP contribution in [0.25, 0.3) is 0 Å². The van der Waals surface area contributed by atoms with Crippen LogP contribution in [0.2, 0.25) is 0 Å². The second-order valence-electron chi connectivity index (χ2n) is 3.39. The summed E-state index contributed by atoms with van der Waals surface area (Å²) in [7, 11) is 0. The maximum absolute atomic E-state index is 2.40. The van der Waals surface area contributed by atoms with E-state index in [-0.39, 0.29) is 0 Å². The van der Waals surface area contributed by atoms with Gasteiger partial charge in [0.2, 0.25) is 0 Å².